The van der Waals surface area contributed by atoms with Crippen molar-refractivity contribution in [3.05, 3.63) is 18.1 Å². The molecule has 0 radical (unpaired) electrons. The third-order valence-corrected chi connectivity index (χ3v) is 4.55. The molecule has 1 fully saturated rings. The van der Waals surface area contributed by atoms with Crippen LogP contribution in [0.3, 0.4) is 0 Å². The van der Waals surface area contributed by atoms with E-state index >= 15 is 0 Å². The zero-order valence-electron chi connectivity index (χ0n) is 11.2. The summed E-state index contributed by atoms with van der Waals surface area (Å²) < 4.78 is 25.2. The van der Waals surface area contributed by atoms with Gasteiger partial charge >= 0.3 is 0 Å². The lowest BCUT2D eigenvalue weighted by Gasteiger charge is -2.27. The highest BCUT2D eigenvalue weighted by Gasteiger charge is 2.13. The summed E-state index contributed by atoms with van der Waals surface area (Å²) in [7, 11) is -3.20. The highest BCUT2D eigenvalue weighted by molar-refractivity contribution is 7.89. The van der Waals surface area contributed by atoms with Crippen LogP contribution in [0.4, 0.5) is 5.82 Å². The van der Waals surface area contributed by atoms with Gasteiger partial charge in [0.1, 0.15) is 11.6 Å². The van der Waals surface area contributed by atoms with Gasteiger partial charge in [-0.2, -0.15) is 0 Å². The zero-order chi connectivity index (χ0) is 13.7. The summed E-state index contributed by atoms with van der Waals surface area (Å²) in [5, 5.41) is 0. The molecule has 19 heavy (non-hydrogen) atoms. The van der Waals surface area contributed by atoms with Crippen molar-refractivity contribution in [2.24, 2.45) is 0 Å². The Kier molecular flexibility index (Phi) is 4.71. The number of sulfonamides is 1. The van der Waals surface area contributed by atoms with E-state index in [2.05, 4.69) is 19.6 Å². The van der Waals surface area contributed by atoms with Crippen LogP contribution in [0.5, 0.6) is 0 Å². The topological polar surface area (TPSA) is 75.2 Å². The Bertz CT molecular complexity index is 512. The highest BCUT2D eigenvalue weighted by atomic mass is 32.2. The minimum Gasteiger partial charge on any atom is -0.357 e. The van der Waals surface area contributed by atoms with E-state index in [0.29, 0.717) is 5.82 Å². The minimum absolute atomic E-state index is 0.0683. The molecular formula is C12H20N4O2S. The Labute approximate surface area is 114 Å². The Hall–Kier alpha value is -1.21. The number of rotatable bonds is 5. The Morgan fingerprint density at radius 1 is 1.32 bits per heavy atom. The van der Waals surface area contributed by atoms with Gasteiger partial charge in [-0.05, 0) is 32.3 Å². The summed E-state index contributed by atoms with van der Waals surface area (Å²) in [5.74, 6) is 1.47. The maximum atomic E-state index is 11.4. The van der Waals surface area contributed by atoms with E-state index in [1.165, 1.54) is 19.3 Å². The molecule has 0 unspecified atom stereocenters. The molecule has 2 rings (SSSR count). The Balaban J connectivity index is 2.02. The summed E-state index contributed by atoms with van der Waals surface area (Å²) in [5.41, 5.74) is 0. The van der Waals surface area contributed by atoms with Gasteiger partial charge in [-0.3, -0.25) is 0 Å². The second-order valence-electron chi connectivity index (χ2n) is 4.60. The lowest BCUT2D eigenvalue weighted by Crippen LogP contribution is -2.31. The molecule has 2 heterocycles. The van der Waals surface area contributed by atoms with Gasteiger partial charge < -0.3 is 4.90 Å². The van der Waals surface area contributed by atoms with E-state index in [1.807, 2.05) is 6.07 Å². The fourth-order valence-electron chi connectivity index (χ4n) is 2.05. The van der Waals surface area contributed by atoms with Crippen molar-refractivity contribution in [3.8, 4) is 0 Å². The van der Waals surface area contributed by atoms with Crippen molar-refractivity contribution in [3.63, 3.8) is 0 Å². The summed E-state index contributed by atoms with van der Waals surface area (Å²) in [4.78, 5) is 10.8. The van der Waals surface area contributed by atoms with Gasteiger partial charge in [0, 0.05) is 19.3 Å². The van der Waals surface area contributed by atoms with Gasteiger partial charge in [0.2, 0.25) is 10.0 Å². The molecule has 0 atom stereocenters. The first-order valence-electron chi connectivity index (χ1n) is 6.65. The first-order valence-corrected chi connectivity index (χ1v) is 8.30. The fraction of sp³-hybridized carbons (Fsp3) is 0.667. The van der Waals surface area contributed by atoms with Crippen molar-refractivity contribution in [2.45, 2.75) is 32.7 Å². The van der Waals surface area contributed by atoms with Crippen LogP contribution in [-0.4, -0.2) is 37.2 Å². The van der Waals surface area contributed by atoms with Gasteiger partial charge in [-0.25, -0.2) is 23.1 Å². The monoisotopic (exact) mass is 284 g/mol. The molecule has 7 heteroatoms. The highest BCUT2D eigenvalue weighted by Crippen LogP contribution is 2.16. The molecule has 0 amide bonds. The minimum atomic E-state index is -3.20. The van der Waals surface area contributed by atoms with Crippen LogP contribution < -0.4 is 9.62 Å². The quantitative estimate of drug-likeness (QED) is 0.869. The third kappa shape index (κ3) is 4.14. The van der Waals surface area contributed by atoms with E-state index in [1.54, 1.807) is 13.1 Å². The van der Waals surface area contributed by atoms with Gasteiger partial charge in [0.25, 0.3) is 0 Å². The molecule has 0 aromatic carbocycles. The lowest BCUT2D eigenvalue weighted by molar-refractivity contribution is 0.569. The lowest BCUT2D eigenvalue weighted by atomic mass is 10.1. The van der Waals surface area contributed by atoms with Crippen LogP contribution in [0.2, 0.25) is 0 Å². The molecular weight excluding hydrogens is 264 g/mol. The predicted molar refractivity (Wildman–Crippen MR) is 74.4 cm³/mol. The third-order valence-electron chi connectivity index (χ3n) is 3.20. The van der Waals surface area contributed by atoms with Gasteiger partial charge in [-0.15, -0.1) is 0 Å². The maximum absolute atomic E-state index is 11.4. The number of piperidine rings is 1. The van der Waals surface area contributed by atoms with Crippen LogP contribution in [0.15, 0.2) is 12.3 Å². The van der Waals surface area contributed by atoms with Crippen molar-refractivity contribution in [2.75, 3.05) is 23.7 Å². The van der Waals surface area contributed by atoms with Crippen LogP contribution in [0, 0.1) is 0 Å². The van der Waals surface area contributed by atoms with Gasteiger partial charge in [0.15, 0.2) is 0 Å². The maximum Gasteiger partial charge on any atom is 0.211 e. The second kappa shape index (κ2) is 6.29. The van der Waals surface area contributed by atoms with E-state index in [-0.39, 0.29) is 12.3 Å². The number of aromatic nitrogens is 2. The molecule has 1 aliphatic rings. The predicted octanol–water partition coefficient (Wildman–Crippen LogP) is 0.906. The number of nitrogens with one attached hydrogen (secondary N) is 1. The number of anilines is 1. The average Bonchev–Trinajstić information content (AvgIpc) is 2.47. The first kappa shape index (κ1) is 14.2. The molecule has 1 aliphatic heterocycles. The van der Waals surface area contributed by atoms with E-state index in [9.17, 15) is 8.42 Å². The van der Waals surface area contributed by atoms with Crippen LogP contribution in [0.1, 0.15) is 32.0 Å². The van der Waals surface area contributed by atoms with Crippen molar-refractivity contribution >= 4 is 15.8 Å². The van der Waals surface area contributed by atoms with Gasteiger partial charge in [-0.1, -0.05) is 0 Å². The molecule has 6 nitrogen and oxygen atoms in total. The number of nitrogens with zero attached hydrogens (tertiary/aromatic N) is 3. The SMILES string of the molecule is CCS(=O)(=O)NCc1nccc(N2CCCCC2)n1. The summed E-state index contributed by atoms with van der Waals surface area (Å²) in [6, 6.07) is 1.88. The fourth-order valence-corrected chi connectivity index (χ4v) is 2.60. The standard InChI is InChI=1S/C12H20N4O2S/c1-2-19(17,18)14-10-11-13-7-6-12(15-11)16-8-4-3-5-9-16/h6-7,14H,2-5,8-10H2,1H3. The molecule has 0 spiro atoms. The summed E-state index contributed by atoms with van der Waals surface area (Å²) >= 11 is 0. The van der Waals surface area contributed by atoms with E-state index < -0.39 is 10.0 Å². The summed E-state index contributed by atoms with van der Waals surface area (Å²) in [6.45, 7) is 3.78. The normalized spacial score (nSPS) is 16.6. The van der Waals surface area contributed by atoms with Crippen molar-refractivity contribution in [1.82, 2.24) is 14.7 Å². The van der Waals surface area contributed by atoms with E-state index in [0.717, 1.165) is 18.9 Å². The van der Waals surface area contributed by atoms with Crippen molar-refractivity contribution < 1.29 is 8.42 Å². The molecule has 0 aliphatic carbocycles. The smallest absolute Gasteiger partial charge is 0.211 e. The van der Waals surface area contributed by atoms with Crippen molar-refractivity contribution in [1.29, 1.82) is 0 Å². The summed E-state index contributed by atoms with van der Waals surface area (Å²) in [6.07, 6.45) is 5.32. The molecule has 106 valence electrons. The molecule has 0 saturated carbocycles. The largest absolute Gasteiger partial charge is 0.357 e. The van der Waals surface area contributed by atoms with E-state index in [4.69, 9.17) is 0 Å². The van der Waals surface area contributed by atoms with Crippen LogP contribution in [0.25, 0.3) is 0 Å². The molecule has 1 aromatic rings. The molecule has 1 N–H and O–H groups in total. The molecule has 0 bridgehead atoms. The number of hydrogen-bond donors (Lipinski definition) is 1. The van der Waals surface area contributed by atoms with Crippen LogP contribution in [-0.2, 0) is 16.6 Å². The zero-order valence-corrected chi connectivity index (χ0v) is 12.0. The van der Waals surface area contributed by atoms with Gasteiger partial charge in [0.05, 0.1) is 12.3 Å². The number of hydrogen-bond acceptors (Lipinski definition) is 5. The first-order chi connectivity index (χ1) is 9.11. The van der Waals surface area contributed by atoms with Crippen LogP contribution >= 0.6 is 0 Å². The average molecular weight is 284 g/mol. The molecule has 1 aromatic heterocycles. The Morgan fingerprint density at radius 2 is 2.05 bits per heavy atom. The molecule has 1 saturated heterocycles. The Morgan fingerprint density at radius 3 is 2.74 bits per heavy atom. The second-order valence-corrected chi connectivity index (χ2v) is 6.70.